The predicted molar refractivity (Wildman–Crippen MR) is 73.4 cm³/mol. The molecule has 0 aliphatic carbocycles. The van der Waals surface area contributed by atoms with Gasteiger partial charge in [-0.05, 0) is 24.6 Å². The second-order valence-corrected chi connectivity index (χ2v) is 6.33. The van der Waals surface area contributed by atoms with Crippen molar-refractivity contribution in [1.82, 2.24) is 4.72 Å². The molecule has 0 spiro atoms. The highest BCUT2D eigenvalue weighted by Gasteiger charge is 2.33. The number of nitrogens with two attached hydrogens (primary N) is 1. The van der Waals surface area contributed by atoms with Crippen molar-refractivity contribution in [2.24, 2.45) is 0 Å². The molecule has 8 heteroatoms. The minimum Gasteiger partial charge on any atom is -0.398 e. The molecule has 0 saturated heterocycles. The normalized spacial score (nSPS) is 12.6. The lowest BCUT2D eigenvalue weighted by molar-refractivity contribution is 0.105. The first-order valence-electron chi connectivity index (χ1n) is 5.61. The number of sulfonamides is 1. The van der Waals surface area contributed by atoms with Gasteiger partial charge in [-0.1, -0.05) is 18.5 Å². The van der Waals surface area contributed by atoms with Gasteiger partial charge in [0.05, 0.1) is 24.4 Å². The van der Waals surface area contributed by atoms with Gasteiger partial charge in [0.1, 0.15) is 4.90 Å². The third kappa shape index (κ3) is 3.58. The summed E-state index contributed by atoms with van der Waals surface area (Å²) in [6.07, 6.45) is 0.222. The van der Waals surface area contributed by atoms with Crippen LogP contribution in [0.3, 0.4) is 0 Å². The molecule has 0 heterocycles. The lowest BCUT2D eigenvalue weighted by atomic mass is 10.0. The number of halogens is 1. The first-order valence-corrected chi connectivity index (χ1v) is 7.47. The van der Waals surface area contributed by atoms with Gasteiger partial charge in [-0.3, -0.25) is 0 Å². The van der Waals surface area contributed by atoms with E-state index in [1.54, 1.807) is 6.92 Å². The van der Waals surface area contributed by atoms with Gasteiger partial charge in [0.25, 0.3) is 0 Å². The monoisotopic (exact) mass is 308 g/mol. The van der Waals surface area contributed by atoms with Crippen molar-refractivity contribution in [2.75, 3.05) is 18.9 Å². The topological polar surface area (TPSA) is 113 Å². The van der Waals surface area contributed by atoms with Crippen LogP contribution in [0.2, 0.25) is 5.02 Å². The fourth-order valence-corrected chi connectivity index (χ4v) is 3.34. The van der Waals surface area contributed by atoms with Gasteiger partial charge in [-0.2, -0.15) is 0 Å². The number of benzene rings is 1. The highest BCUT2D eigenvalue weighted by atomic mass is 35.5. The van der Waals surface area contributed by atoms with Gasteiger partial charge in [0.15, 0.2) is 0 Å². The molecule has 0 atom stereocenters. The van der Waals surface area contributed by atoms with Crippen LogP contribution in [0.15, 0.2) is 23.1 Å². The van der Waals surface area contributed by atoms with Crippen molar-refractivity contribution < 1.29 is 18.6 Å². The Hall–Kier alpha value is -0.860. The maximum absolute atomic E-state index is 12.2. The SMILES string of the molecule is CCC(CO)(CO)NS(=O)(=O)c1cc(Cl)ccc1N. The van der Waals surface area contributed by atoms with E-state index in [4.69, 9.17) is 17.3 Å². The molecule has 1 aromatic rings. The average Bonchev–Trinajstić information content (AvgIpc) is 2.39. The van der Waals surface area contributed by atoms with Gasteiger partial charge in [-0.15, -0.1) is 0 Å². The number of rotatable bonds is 6. The zero-order chi connectivity index (χ0) is 14.7. The van der Waals surface area contributed by atoms with Crippen LogP contribution < -0.4 is 10.5 Å². The molecule has 0 unspecified atom stereocenters. The quantitative estimate of drug-likeness (QED) is 0.566. The molecule has 5 N–H and O–H groups in total. The van der Waals surface area contributed by atoms with Gasteiger partial charge in [-0.25, -0.2) is 13.1 Å². The van der Waals surface area contributed by atoms with Gasteiger partial charge < -0.3 is 15.9 Å². The third-order valence-electron chi connectivity index (χ3n) is 2.90. The van der Waals surface area contributed by atoms with E-state index < -0.39 is 28.8 Å². The zero-order valence-electron chi connectivity index (χ0n) is 10.4. The Morgan fingerprint density at radius 1 is 1.37 bits per heavy atom. The van der Waals surface area contributed by atoms with E-state index >= 15 is 0 Å². The van der Waals surface area contributed by atoms with Crippen molar-refractivity contribution in [1.29, 1.82) is 0 Å². The highest BCUT2D eigenvalue weighted by Crippen LogP contribution is 2.24. The van der Waals surface area contributed by atoms with E-state index in [2.05, 4.69) is 4.72 Å². The van der Waals surface area contributed by atoms with Crippen LogP contribution in [0.1, 0.15) is 13.3 Å². The Bertz CT molecular complexity index is 535. The molecular formula is C11H17ClN2O4S. The van der Waals surface area contributed by atoms with E-state index in [-0.39, 0.29) is 22.0 Å². The number of aliphatic hydroxyl groups is 2. The molecule has 0 saturated carbocycles. The standard InChI is InChI=1S/C11H17ClN2O4S/c1-2-11(6-15,7-16)14-19(17,18)10-5-8(12)3-4-9(10)13/h3-5,14-16H,2,6-7,13H2,1H3. The minimum absolute atomic E-state index is 0.0396. The maximum Gasteiger partial charge on any atom is 0.243 e. The lowest BCUT2D eigenvalue weighted by Gasteiger charge is -2.29. The van der Waals surface area contributed by atoms with E-state index in [1.165, 1.54) is 18.2 Å². The zero-order valence-corrected chi connectivity index (χ0v) is 12.0. The van der Waals surface area contributed by atoms with Crippen molar-refractivity contribution in [3.05, 3.63) is 23.2 Å². The Kier molecular flexibility index (Phi) is 5.17. The summed E-state index contributed by atoms with van der Waals surface area (Å²) in [6, 6.07) is 4.07. The van der Waals surface area contributed by atoms with Crippen LogP contribution in [0.4, 0.5) is 5.69 Å². The molecule has 1 aromatic carbocycles. The predicted octanol–water partition coefficient (Wildman–Crippen LogP) is 0.334. The van der Waals surface area contributed by atoms with Crippen LogP contribution >= 0.6 is 11.6 Å². The van der Waals surface area contributed by atoms with Gasteiger partial charge >= 0.3 is 0 Å². The van der Waals surface area contributed by atoms with Crippen LogP contribution in [0.5, 0.6) is 0 Å². The van der Waals surface area contributed by atoms with Gasteiger partial charge in [0, 0.05) is 5.02 Å². The van der Waals surface area contributed by atoms with E-state index in [0.717, 1.165) is 0 Å². The molecule has 6 nitrogen and oxygen atoms in total. The van der Waals surface area contributed by atoms with Crippen molar-refractivity contribution in [3.8, 4) is 0 Å². The first kappa shape index (κ1) is 16.2. The second-order valence-electron chi connectivity index (χ2n) is 4.24. The number of hydrogen-bond acceptors (Lipinski definition) is 5. The highest BCUT2D eigenvalue weighted by molar-refractivity contribution is 7.89. The number of anilines is 1. The number of nitrogens with one attached hydrogen (secondary N) is 1. The number of nitrogen functional groups attached to an aromatic ring is 1. The second kappa shape index (κ2) is 6.06. The Labute approximate surface area is 117 Å². The fourth-order valence-electron chi connectivity index (χ4n) is 1.49. The molecule has 0 radical (unpaired) electrons. The van der Waals surface area contributed by atoms with Crippen molar-refractivity contribution in [3.63, 3.8) is 0 Å². The summed E-state index contributed by atoms with van der Waals surface area (Å²) in [5.41, 5.74) is 4.33. The number of aliphatic hydroxyl groups excluding tert-OH is 2. The summed E-state index contributed by atoms with van der Waals surface area (Å²) in [6.45, 7) is 0.593. The number of hydrogen-bond donors (Lipinski definition) is 4. The summed E-state index contributed by atoms with van der Waals surface area (Å²) in [5, 5.41) is 18.8. The molecule has 108 valence electrons. The molecule has 0 fully saturated rings. The van der Waals surface area contributed by atoms with E-state index in [9.17, 15) is 18.6 Å². The third-order valence-corrected chi connectivity index (χ3v) is 4.77. The first-order chi connectivity index (χ1) is 8.80. The summed E-state index contributed by atoms with van der Waals surface area (Å²) in [5.74, 6) is 0. The molecule has 19 heavy (non-hydrogen) atoms. The Morgan fingerprint density at radius 2 is 1.95 bits per heavy atom. The molecule has 0 aliphatic heterocycles. The van der Waals surface area contributed by atoms with Crippen molar-refractivity contribution in [2.45, 2.75) is 23.8 Å². The van der Waals surface area contributed by atoms with E-state index in [0.29, 0.717) is 0 Å². The maximum atomic E-state index is 12.2. The smallest absolute Gasteiger partial charge is 0.243 e. The fraction of sp³-hybridized carbons (Fsp3) is 0.455. The Morgan fingerprint density at radius 3 is 2.42 bits per heavy atom. The van der Waals surface area contributed by atoms with Crippen molar-refractivity contribution >= 4 is 27.3 Å². The minimum atomic E-state index is -3.99. The van der Waals surface area contributed by atoms with Gasteiger partial charge in [0.2, 0.25) is 10.0 Å². The van der Waals surface area contributed by atoms with Crippen LogP contribution in [0.25, 0.3) is 0 Å². The largest absolute Gasteiger partial charge is 0.398 e. The Balaban J connectivity index is 3.21. The molecular weight excluding hydrogens is 292 g/mol. The van der Waals surface area contributed by atoms with Crippen LogP contribution in [-0.2, 0) is 10.0 Å². The van der Waals surface area contributed by atoms with Crippen LogP contribution in [0, 0.1) is 0 Å². The summed E-state index contributed by atoms with van der Waals surface area (Å²) >= 11 is 5.75. The van der Waals surface area contributed by atoms with E-state index in [1.807, 2.05) is 0 Å². The molecule has 0 amide bonds. The summed E-state index contributed by atoms with van der Waals surface area (Å²) < 4.78 is 26.7. The van der Waals surface area contributed by atoms with Crippen LogP contribution in [-0.4, -0.2) is 37.4 Å². The summed E-state index contributed by atoms with van der Waals surface area (Å²) in [7, 11) is -3.99. The summed E-state index contributed by atoms with van der Waals surface area (Å²) in [4.78, 5) is -0.181. The molecule has 1 rings (SSSR count). The molecule has 0 aromatic heterocycles. The molecule has 0 bridgehead atoms. The average molecular weight is 309 g/mol. The lowest BCUT2D eigenvalue weighted by Crippen LogP contribution is -2.53. The molecule has 0 aliphatic rings.